The summed E-state index contributed by atoms with van der Waals surface area (Å²) in [5.74, 6) is -0.374. The number of primary amides is 1. The molecule has 5 nitrogen and oxygen atoms in total. The standard InChI is InChI=1S/C17H25N3O2.ClH/c18-17(21)13-1-3-14(4-2-13)20-11-7-16(8-12-20)22-15-5-9-19-10-6-15;/h1-4,15-16,19H,5-12H2,(H2,18,21);1H. The molecule has 2 heterocycles. The Morgan fingerprint density at radius 3 is 2.17 bits per heavy atom. The third kappa shape index (κ3) is 4.83. The van der Waals surface area contributed by atoms with Crippen molar-refractivity contribution in [1.82, 2.24) is 5.32 Å². The number of hydrogen-bond donors (Lipinski definition) is 2. The van der Waals surface area contributed by atoms with Crippen LogP contribution in [0.2, 0.25) is 0 Å². The number of rotatable bonds is 4. The van der Waals surface area contributed by atoms with E-state index in [0.717, 1.165) is 57.5 Å². The third-order valence-electron chi connectivity index (χ3n) is 4.63. The van der Waals surface area contributed by atoms with Crippen LogP contribution < -0.4 is 16.0 Å². The van der Waals surface area contributed by atoms with Gasteiger partial charge in [-0.05, 0) is 63.0 Å². The second-order valence-electron chi connectivity index (χ2n) is 6.18. The van der Waals surface area contributed by atoms with Crippen molar-refractivity contribution >= 4 is 24.0 Å². The van der Waals surface area contributed by atoms with Gasteiger partial charge in [-0.2, -0.15) is 0 Å². The van der Waals surface area contributed by atoms with Gasteiger partial charge in [0, 0.05) is 24.3 Å². The average molecular weight is 340 g/mol. The van der Waals surface area contributed by atoms with E-state index in [1.54, 1.807) is 12.1 Å². The predicted molar refractivity (Wildman–Crippen MR) is 94.4 cm³/mol. The van der Waals surface area contributed by atoms with Gasteiger partial charge in [-0.3, -0.25) is 4.79 Å². The number of benzene rings is 1. The van der Waals surface area contributed by atoms with Crippen molar-refractivity contribution < 1.29 is 9.53 Å². The highest BCUT2D eigenvalue weighted by atomic mass is 35.5. The minimum absolute atomic E-state index is 0. The van der Waals surface area contributed by atoms with Crippen molar-refractivity contribution in [2.24, 2.45) is 5.73 Å². The maximum atomic E-state index is 11.1. The molecule has 2 fully saturated rings. The van der Waals surface area contributed by atoms with E-state index in [2.05, 4.69) is 10.2 Å². The molecule has 1 amide bonds. The molecular weight excluding hydrogens is 314 g/mol. The Morgan fingerprint density at radius 1 is 1.04 bits per heavy atom. The first kappa shape index (κ1) is 18.0. The van der Waals surface area contributed by atoms with Crippen LogP contribution in [0.3, 0.4) is 0 Å². The van der Waals surface area contributed by atoms with Gasteiger partial charge < -0.3 is 20.7 Å². The molecule has 128 valence electrons. The summed E-state index contributed by atoms with van der Waals surface area (Å²) in [6.07, 6.45) is 5.24. The Bertz CT molecular complexity index is 495. The number of carbonyl (C=O) groups is 1. The molecule has 1 aromatic carbocycles. The van der Waals surface area contributed by atoms with Crippen LogP contribution in [-0.2, 0) is 4.74 Å². The Kier molecular flexibility index (Phi) is 6.69. The zero-order valence-electron chi connectivity index (χ0n) is 13.4. The number of piperidine rings is 2. The first-order valence-corrected chi connectivity index (χ1v) is 8.23. The van der Waals surface area contributed by atoms with E-state index in [0.29, 0.717) is 17.8 Å². The normalized spacial score (nSPS) is 20.1. The molecule has 0 spiro atoms. The average Bonchev–Trinajstić information content (AvgIpc) is 2.57. The third-order valence-corrected chi connectivity index (χ3v) is 4.63. The summed E-state index contributed by atoms with van der Waals surface area (Å²) in [7, 11) is 0. The van der Waals surface area contributed by atoms with Crippen molar-refractivity contribution in [3.05, 3.63) is 29.8 Å². The molecule has 0 aliphatic carbocycles. The molecule has 0 atom stereocenters. The number of nitrogens with zero attached hydrogens (tertiary/aromatic N) is 1. The molecular formula is C17H26ClN3O2. The molecule has 6 heteroatoms. The van der Waals surface area contributed by atoms with Gasteiger partial charge in [0.25, 0.3) is 0 Å². The van der Waals surface area contributed by atoms with E-state index in [1.165, 1.54) is 0 Å². The number of carbonyl (C=O) groups excluding carboxylic acids is 1. The smallest absolute Gasteiger partial charge is 0.248 e. The maximum absolute atomic E-state index is 11.1. The number of ether oxygens (including phenoxy) is 1. The highest BCUT2D eigenvalue weighted by Crippen LogP contribution is 2.23. The highest BCUT2D eigenvalue weighted by molar-refractivity contribution is 5.93. The summed E-state index contributed by atoms with van der Waals surface area (Å²) in [6.45, 7) is 4.17. The van der Waals surface area contributed by atoms with Crippen molar-refractivity contribution in [3.8, 4) is 0 Å². The second-order valence-corrected chi connectivity index (χ2v) is 6.18. The second kappa shape index (κ2) is 8.52. The van der Waals surface area contributed by atoms with Gasteiger partial charge >= 0.3 is 0 Å². The summed E-state index contributed by atoms with van der Waals surface area (Å²) < 4.78 is 6.24. The van der Waals surface area contributed by atoms with Crippen LogP contribution in [0.5, 0.6) is 0 Å². The van der Waals surface area contributed by atoms with Crippen LogP contribution in [0.15, 0.2) is 24.3 Å². The number of nitrogens with one attached hydrogen (secondary N) is 1. The van der Waals surface area contributed by atoms with Crippen molar-refractivity contribution in [3.63, 3.8) is 0 Å². The fraction of sp³-hybridized carbons (Fsp3) is 0.588. The van der Waals surface area contributed by atoms with Crippen LogP contribution in [0, 0.1) is 0 Å². The van der Waals surface area contributed by atoms with E-state index in [4.69, 9.17) is 10.5 Å². The Morgan fingerprint density at radius 2 is 1.61 bits per heavy atom. The largest absolute Gasteiger partial charge is 0.375 e. The van der Waals surface area contributed by atoms with Crippen molar-refractivity contribution in [2.45, 2.75) is 37.9 Å². The molecule has 0 radical (unpaired) electrons. The SMILES string of the molecule is Cl.NC(=O)c1ccc(N2CCC(OC3CCNCC3)CC2)cc1. The summed E-state index contributed by atoms with van der Waals surface area (Å²) in [4.78, 5) is 13.5. The molecule has 1 aromatic rings. The molecule has 2 aliphatic heterocycles. The first-order chi connectivity index (χ1) is 10.7. The number of halogens is 1. The zero-order chi connectivity index (χ0) is 15.4. The molecule has 0 saturated carbocycles. The fourth-order valence-electron chi connectivity index (χ4n) is 3.29. The molecule has 2 aliphatic rings. The van der Waals surface area contributed by atoms with Crippen LogP contribution in [-0.4, -0.2) is 44.3 Å². The van der Waals surface area contributed by atoms with E-state index in [1.807, 2.05) is 12.1 Å². The Balaban J connectivity index is 0.00000192. The lowest BCUT2D eigenvalue weighted by Crippen LogP contribution is -2.40. The minimum atomic E-state index is -0.374. The minimum Gasteiger partial charge on any atom is -0.375 e. The molecule has 0 unspecified atom stereocenters. The van der Waals surface area contributed by atoms with Crippen LogP contribution >= 0.6 is 12.4 Å². The summed E-state index contributed by atoms with van der Waals surface area (Å²) in [5.41, 5.74) is 7.00. The topological polar surface area (TPSA) is 67.6 Å². The van der Waals surface area contributed by atoms with Crippen LogP contribution in [0.25, 0.3) is 0 Å². The molecule has 23 heavy (non-hydrogen) atoms. The zero-order valence-corrected chi connectivity index (χ0v) is 14.2. The number of hydrogen-bond acceptors (Lipinski definition) is 4. The molecule has 3 N–H and O–H groups in total. The summed E-state index contributed by atoms with van der Waals surface area (Å²) >= 11 is 0. The Hall–Kier alpha value is -1.30. The number of anilines is 1. The quantitative estimate of drug-likeness (QED) is 0.879. The van der Waals surface area contributed by atoms with Crippen molar-refractivity contribution in [1.29, 1.82) is 0 Å². The van der Waals surface area contributed by atoms with E-state index in [-0.39, 0.29) is 18.3 Å². The number of nitrogens with two attached hydrogens (primary N) is 1. The highest BCUT2D eigenvalue weighted by Gasteiger charge is 2.24. The lowest BCUT2D eigenvalue weighted by molar-refractivity contribution is -0.0363. The van der Waals surface area contributed by atoms with E-state index in [9.17, 15) is 4.79 Å². The van der Waals surface area contributed by atoms with Crippen molar-refractivity contribution in [2.75, 3.05) is 31.1 Å². The lowest BCUT2D eigenvalue weighted by Gasteiger charge is -2.36. The first-order valence-electron chi connectivity index (χ1n) is 8.23. The van der Waals surface area contributed by atoms with Gasteiger partial charge in [-0.15, -0.1) is 12.4 Å². The number of amides is 1. The monoisotopic (exact) mass is 339 g/mol. The van der Waals surface area contributed by atoms with Gasteiger partial charge in [0.1, 0.15) is 0 Å². The van der Waals surface area contributed by atoms with E-state index < -0.39 is 0 Å². The van der Waals surface area contributed by atoms with Gasteiger partial charge in [0.2, 0.25) is 5.91 Å². The summed E-state index contributed by atoms with van der Waals surface area (Å²) in [6, 6.07) is 7.56. The predicted octanol–water partition coefficient (Wildman–Crippen LogP) is 1.94. The molecule has 2 saturated heterocycles. The van der Waals surface area contributed by atoms with Gasteiger partial charge in [0.15, 0.2) is 0 Å². The van der Waals surface area contributed by atoms with E-state index >= 15 is 0 Å². The molecule has 0 aromatic heterocycles. The Labute approximate surface area is 144 Å². The van der Waals surface area contributed by atoms with Crippen LogP contribution in [0.4, 0.5) is 5.69 Å². The van der Waals surface area contributed by atoms with Gasteiger partial charge in [-0.1, -0.05) is 0 Å². The maximum Gasteiger partial charge on any atom is 0.248 e. The van der Waals surface area contributed by atoms with Gasteiger partial charge in [-0.25, -0.2) is 0 Å². The fourth-order valence-corrected chi connectivity index (χ4v) is 3.29. The lowest BCUT2D eigenvalue weighted by atomic mass is 10.0. The molecule has 3 rings (SSSR count). The van der Waals surface area contributed by atoms with Gasteiger partial charge in [0.05, 0.1) is 12.2 Å². The van der Waals surface area contributed by atoms with Crippen LogP contribution in [0.1, 0.15) is 36.0 Å². The summed E-state index contributed by atoms with van der Waals surface area (Å²) in [5, 5.41) is 3.37. The molecule has 0 bridgehead atoms.